The minimum Gasteiger partial charge on any atom is -0.390 e. The zero-order chi connectivity index (χ0) is 14.3. The molecule has 10 nitrogen and oxygen atoms in total. The van der Waals surface area contributed by atoms with Crippen LogP contribution in [0.4, 0.5) is 17.8 Å². The first-order valence-electron chi connectivity index (χ1n) is 5.75. The number of nitrogen functional groups attached to an aromatic ring is 2. The largest absolute Gasteiger partial charge is 0.492 e. The Morgan fingerprint density at radius 2 is 1.58 bits per heavy atom. The Morgan fingerprint density at radius 1 is 0.947 bits per heavy atom. The third-order valence-electron chi connectivity index (χ3n) is 2.12. The minimum atomic E-state index is -3.90. The molecule has 19 heavy (non-hydrogen) atoms. The number of hydrogen-bond donors (Lipinski definition) is 7. The molecule has 108 valence electrons. The van der Waals surface area contributed by atoms with Crippen LogP contribution in [0.25, 0.3) is 0 Å². The van der Waals surface area contributed by atoms with Gasteiger partial charge >= 0.3 is 8.80 Å². The summed E-state index contributed by atoms with van der Waals surface area (Å²) < 4.78 is 0. The van der Waals surface area contributed by atoms with Gasteiger partial charge in [0.05, 0.1) is 0 Å². The molecule has 9 N–H and O–H groups in total. The number of nitrogens with one attached hydrogen (secondary N) is 2. The second kappa shape index (κ2) is 7.15. The predicted octanol–water partition coefficient (Wildman–Crippen LogP) is -2.66. The maximum absolute atomic E-state index is 8.78. The van der Waals surface area contributed by atoms with E-state index in [0.29, 0.717) is 32.0 Å². The van der Waals surface area contributed by atoms with Gasteiger partial charge in [0.1, 0.15) is 0 Å². The second-order valence-electron chi connectivity index (χ2n) is 3.93. The minimum absolute atomic E-state index is 0.0218. The normalized spacial score (nSPS) is 11.5. The van der Waals surface area contributed by atoms with Crippen molar-refractivity contribution in [3.05, 3.63) is 0 Å². The molecule has 0 unspecified atom stereocenters. The van der Waals surface area contributed by atoms with Crippen LogP contribution in [0, 0.1) is 0 Å². The van der Waals surface area contributed by atoms with Crippen LogP contribution in [0.2, 0.25) is 6.04 Å². The van der Waals surface area contributed by atoms with Crippen LogP contribution in [-0.2, 0) is 0 Å². The SMILES string of the molecule is Nc1nc(N)nc(NCCNCCC[Si](O)(O)O)n1. The molecule has 0 aliphatic heterocycles. The summed E-state index contributed by atoms with van der Waals surface area (Å²) >= 11 is 0. The van der Waals surface area contributed by atoms with Crippen molar-refractivity contribution in [3.63, 3.8) is 0 Å². The highest BCUT2D eigenvalue weighted by molar-refractivity contribution is 6.56. The van der Waals surface area contributed by atoms with Crippen LogP contribution in [-0.4, -0.2) is 57.8 Å². The number of nitrogens with two attached hydrogens (primary N) is 2. The van der Waals surface area contributed by atoms with Gasteiger partial charge in [-0.15, -0.1) is 0 Å². The van der Waals surface area contributed by atoms with Crippen molar-refractivity contribution in [1.29, 1.82) is 0 Å². The van der Waals surface area contributed by atoms with Crippen molar-refractivity contribution >= 4 is 26.6 Å². The van der Waals surface area contributed by atoms with Crippen molar-refractivity contribution in [1.82, 2.24) is 20.3 Å². The van der Waals surface area contributed by atoms with Crippen LogP contribution in [0.15, 0.2) is 0 Å². The highest BCUT2D eigenvalue weighted by Crippen LogP contribution is 2.02. The van der Waals surface area contributed by atoms with Gasteiger partial charge in [-0.1, -0.05) is 0 Å². The molecule has 0 spiro atoms. The van der Waals surface area contributed by atoms with E-state index in [0.717, 1.165) is 0 Å². The molecule has 0 atom stereocenters. The van der Waals surface area contributed by atoms with Gasteiger partial charge in [0, 0.05) is 19.1 Å². The Morgan fingerprint density at radius 3 is 2.16 bits per heavy atom. The van der Waals surface area contributed by atoms with E-state index in [1.807, 2.05) is 0 Å². The van der Waals surface area contributed by atoms with E-state index in [2.05, 4.69) is 25.6 Å². The molecule has 0 aromatic carbocycles. The number of aromatic nitrogens is 3. The quantitative estimate of drug-likeness (QED) is 0.197. The first-order chi connectivity index (χ1) is 8.87. The van der Waals surface area contributed by atoms with Gasteiger partial charge in [-0.25, -0.2) is 0 Å². The lowest BCUT2D eigenvalue weighted by Crippen LogP contribution is -2.35. The average molecular weight is 289 g/mol. The van der Waals surface area contributed by atoms with Crippen LogP contribution in [0.5, 0.6) is 0 Å². The Kier molecular flexibility index (Phi) is 5.84. The van der Waals surface area contributed by atoms with E-state index in [4.69, 9.17) is 25.9 Å². The molecule has 0 radical (unpaired) electrons. The fourth-order valence-electron chi connectivity index (χ4n) is 1.33. The summed E-state index contributed by atoms with van der Waals surface area (Å²) in [6.07, 6.45) is 0.487. The van der Waals surface area contributed by atoms with Crippen molar-refractivity contribution in [2.24, 2.45) is 0 Å². The van der Waals surface area contributed by atoms with Gasteiger partial charge in [0.2, 0.25) is 17.8 Å². The summed E-state index contributed by atoms with van der Waals surface area (Å²) in [6.45, 7) is 1.73. The fourth-order valence-corrected chi connectivity index (χ4v) is 1.98. The molecule has 1 heterocycles. The third kappa shape index (κ3) is 7.48. The smallest absolute Gasteiger partial charge is 0.390 e. The van der Waals surface area contributed by atoms with E-state index < -0.39 is 8.80 Å². The predicted molar refractivity (Wildman–Crippen MR) is 71.8 cm³/mol. The van der Waals surface area contributed by atoms with Gasteiger partial charge < -0.3 is 36.5 Å². The number of nitrogens with zero attached hydrogens (tertiary/aromatic N) is 3. The Hall–Kier alpha value is -1.53. The van der Waals surface area contributed by atoms with Crippen LogP contribution < -0.4 is 22.1 Å². The summed E-state index contributed by atoms with van der Waals surface area (Å²) in [5.74, 6) is 0.412. The zero-order valence-electron chi connectivity index (χ0n) is 10.4. The van der Waals surface area contributed by atoms with Crippen molar-refractivity contribution in [2.75, 3.05) is 36.4 Å². The lowest BCUT2D eigenvalue weighted by molar-refractivity contribution is 0.226. The molecule has 0 amide bonds. The first kappa shape index (κ1) is 15.5. The number of anilines is 3. The molecule has 0 bridgehead atoms. The summed E-state index contributed by atoms with van der Waals surface area (Å²) in [4.78, 5) is 37.7. The second-order valence-corrected chi connectivity index (χ2v) is 5.98. The lowest BCUT2D eigenvalue weighted by atomic mass is 10.4. The van der Waals surface area contributed by atoms with E-state index in [1.54, 1.807) is 0 Å². The van der Waals surface area contributed by atoms with Crippen molar-refractivity contribution < 1.29 is 14.4 Å². The molecule has 1 aromatic heterocycles. The molecular weight excluding hydrogens is 270 g/mol. The standard InChI is InChI=1S/C8H19N7O3Si/c9-6-13-7(10)15-8(14-6)12-4-3-11-2-1-5-19(16,17)18/h11,16-18H,1-5H2,(H5,9,10,12,13,14,15). The fraction of sp³-hybridized carbons (Fsp3) is 0.625. The molecule has 0 aliphatic rings. The molecule has 11 heteroatoms. The van der Waals surface area contributed by atoms with E-state index in [-0.39, 0.29) is 17.9 Å². The zero-order valence-corrected chi connectivity index (χ0v) is 11.4. The Bertz CT molecular complexity index is 380. The molecule has 1 rings (SSSR count). The molecule has 0 fully saturated rings. The van der Waals surface area contributed by atoms with E-state index in [1.165, 1.54) is 0 Å². The molecule has 0 aliphatic carbocycles. The number of rotatable bonds is 8. The topological polar surface area (TPSA) is 175 Å². The molecule has 0 saturated heterocycles. The summed E-state index contributed by atoms with van der Waals surface area (Å²) in [6, 6.07) is 0.0218. The van der Waals surface area contributed by atoms with Crippen molar-refractivity contribution in [2.45, 2.75) is 12.5 Å². The summed E-state index contributed by atoms with van der Waals surface area (Å²) in [5.41, 5.74) is 10.8. The average Bonchev–Trinajstić information content (AvgIpc) is 2.25. The van der Waals surface area contributed by atoms with Crippen molar-refractivity contribution in [3.8, 4) is 0 Å². The summed E-state index contributed by atoms with van der Waals surface area (Å²) in [7, 11) is -3.90. The summed E-state index contributed by atoms with van der Waals surface area (Å²) in [5, 5.41) is 5.96. The first-order valence-corrected chi connectivity index (χ1v) is 7.80. The Balaban J connectivity index is 2.11. The maximum Gasteiger partial charge on any atom is 0.492 e. The highest BCUT2D eigenvalue weighted by Gasteiger charge is 2.25. The van der Waals surface area contributed by atoms with Gasteiger partial charge in [0.25, 0.3) is 0 Å². The molecule has 0 saturated carbocycles. The van der Waals surface area contributed by atoms with E-state index in [9.17, 15) is 0 Å². The number of hydrogen-bond acceptors (Lipinski definition) is 10. The molecular formula is C8H19N7O3Si. The molecule has 1 aromatic rings. The monoisotopic (exact) mass is 289 g/mol. The van der Waals surface area contributed by atoms with Gasteiger partial charge in [0.15, 0.2) is 0 Å². The highest BCUT2D eigenvalue weighted by atomic mass is 28.4. The maximum atomic E-state index is 8.78. The van der Waals surface area contributed by atoms with Gasteiger partial charge in [-0.3, -0.25) is 0 Å². The van der Waals surface area contributed by atoms with Gasteiger partial charge in [-0.05, 0) is 13.0 Å². The lowest BCUT2D eigenvalue weighted by Gasteiger charge is -2.10. The van der Waals surface area contributed by atoms with Crippen LogP contribution in [0.3, 0.4) is 0 Å². The van der Waals surface area contributed by atoms with Crippen LogP contribution in [0.1, 0.15) is 6.42 Å². The van der Waals surface area contributed by atoms with E-state index >= 15 is 0 Å². The van der Waals surface area contributed by atoms with Gasteiger partial charge in [-0.2, -0.15) is 15.0 Å². The Labute approximate surface area is 111 Å². The van der Waals surface area contributed by atoms with Crippen LogP contribution >= 0.6 is 0 Å². The third-order valence-corrected chi connectivity index (χ3v) is 3.15.